The zero-order valence-electron chi connectivity index (χ0n) is 9.30. The molecule has 0 radical (unpaired) electrons. The largest absolute Gasteiger partial charge is 0.508 e. The predicted molar refractivity (Wildman–Crippen MR) is 58.6 cm³/mol. The number of hydrogen-bond acceptors (Lipinski definition) is 4. The van der Waals surface area contributed by atoms with Crippen LogP contribution in [-0.2, 0) is 4.74 Å². The summed E-state index contributed by atoms with van der Waals surface area (Å²) in [7, 11) is 3.15. The van der Waals surface area contributed by atoms with E-state index in [4.69, 9.17) is 4.74 Å². The van der Waals surface area contributed by atoms with E-state index in [1.54, 1.807) is 14.2 Å². The van der Waals surface area contributed by atoms with Gasteiger partial charge in [0, 0.05) is 20.7 Å². The number of rotatable bonds is 4. The number of phenols is 2. The molecule has 0 saturated heterocycles. The van der Waals surface area contributed by atoms with Gasteiger partial charge in [0.2, 0.25) is 0 Å². The molecule has 1 aromatic rings. The zero-order valence-corrected chi connectivity index (χ0v) is 9.30. The summed E-state index contributed by atoms with van der Waals surface area (Å²) in [6.45, 7) is 0.840. The number of nitrogens with zero attached hydrogens (tertiary/aromatic N) is 1. The molecule has 1 rings (SSSR count). The van der Waals surface area contributed by atoms with E-state index in [0.717, 1.165) is 0 Å². The van der Waals surface area contributed by atoms with E-state index in [2.05, 4.69) is 0 Å². The summed E-state index contributed by atoms with van der Waals surface area (Å²) in [5.74, 6) is -0.557. The van der Waals surface area contributed by atoms with Gasteiger partial charge < -0.3 is 19.8 Å². The average Bonchev–Trinajstić information content (AvgIpc) is 2.28. The van der Waals surface area contributed by atoms with E-state index in [0.29, 0.717) is 13.2 Å². The molecule has 0 aliphatic rings. The maximum atomic E-state index is 11.8. The number of methoxy groups -OCH3 is 1. The monoisotopic (exact) mass is 225 g/mol. The Morgan fingerprint density at radius 1 is 1.44 bits per heavy atom. The summed E-state index contributed by atoms with van der Waals surface area (Å²) in [5.41, 5.74) is 0.0820. The summed E-state index contributed by atoms with van der Waals surface area (Å²) in [6.07, 6.45) is 0. The Bertz CT molecular complexity index is 378. The third-order valence-corrected chi connectivity index (χ3v) is 2.19. The Hall–Kier alpha value is -1.75. The Labute approximate surface area is 93.9 Å². The fourth-order valence-electron chi connectivity index (χ4n) is 1.23. The predicted octanol–water partition coefficient (Wildman–Crippen LogP) is 0.816. The molecule has 1 aromatic carbocycles. The van der Waals surface area contributed by atoms with Crippen LogP contribution in [0, 0.1) is 0 Å². The van der Waals surface area contributed by atoms with Gasteiger partial charge in [-0.15, -0.1) is 0 Å². The molecule has 0 spiro atoms. The quantitative estimate of drug-likeness (QED) is 0.744. The van der Waals surface area contributed by atoms with Gasteiger partial charge in [-0.3, -0.25) is 4.79 Å². The highest BCUT2D eigenvalue weighted by molar-refractivity contribution is 5.97. The standard InChI is InChI=1S/C11H15NO4/c1-12(5-6-16-2)11(15)9-7-8(13)3-4-10(9)14/h3-4,7,13-14H,5-6H2,1-2H3. The first-order valence-electron chi connectivity index (χ1n) is 4.82. The Balaban J connectivity index is 2.83. The second-order valence-electron chi connectivity index (χ2n) is 3.42. The summed E-state index contributed by atoms with van der Waals surface area (Å²) < 4.78 is 4.85. The van der Waals surface area contributed by atoms with Gasteiger partial charge in [0.25, 0.3) is 5.91 Å². The highest BCUT2D eigenvalue weighted by Crippen LogP contribution is 2.23. The molecule has 0 bridgehead atoms. The van der Waals surface area contributed by atoms with Crippen LogP contribution in [0.25, 0.3) is 0 Å². The van der Waals surface area contributed by atoms with Crippen molar-refractivity contribution >= 4 is 5.91 Å². The maximum Gasteiger partial charge on any atom is 0.257 e. The fourth-order valence-corrected chi connectivity index (χ4v) is 1.23. The zero-order chi connectivity index (χ0) is 12.1. The van der Waals surface area contributed by atoms with Crippen molar-refractivity contribution in [3.63, 3.8) is 0 Å². The van der Waals surface area contributed by atoms with Crippen molar-refractivity contribution in [1.29, 1.82) is 0 Å². The number of benzene rings is 1. The molecule has 0 saturated carbocycles. The van der Waals surface area contributed by atoms with Gasteiger partial charge in [0.05, 0.1) is 12.2 Å². The van der Waals surface area contributed by atoms with Crippen molar-refractivity contribution in [3.05, 3.63) is 23.8 Å². The molecule has 1 amide bonds. The highest BCUT2D eigenvalue weighted by atomic mass is 16.5. The summed E-state index contributed by atoms with van der Waals surface area (Å²) in [5, 5.41) is 18.7. The number of hydrogen-bond donors (Lipinski definition) is 2. The summed E-state index contributed by atoms with van der Waals surface area (Å²) >= 11 is 0. The van der Waals surface area contributed by atoms with Crippen LogP contribution in [0.4, 0.5) is 0 Å². The third kappa shape index (κ3) is 2.87. The molecular weight excluding hydrogens is 210 g/mol. The number of carbonyl (C=O) groups is 1. The minimum Gasteiger partial charge on any atom is -0.508 e. The maximum absolute atomic E-state index is 11.8. The molecule has 5 heteroatoms. The van der Waals surface area contributed by atoms with Crippen LogP contribution in [0.3, 0.4) is 0 Å². The minimum absolute atomic E-state index is 0.0544. The minimum atomic E-state index is -0.356. The molecule has 2 N–H and O–H groups in total. The number of ether oxygens (including phenoxy) is 1. The Morgan fingerprint density at radius 3 is 2.75 bits per heavy atom. The van der Waals surface area contributed by atoms with Crippen LogP contribution < -0.4 is 0 Å². The van der Waals surface area contributed by atoms with E-state index in [1.165, 1.54) is 23.1 Å². The third-order valence-electron chi connectivity index (χ3n) is 2.19. The van der Waals surface area contributed by atoms with Gasteiger partial charge in [0.15, 0.2) is 0 Å². The van der Waals surface area contributed by atoms with Gasteiger partial charge >= 0.3 is 0 Å². The van der Waals surface area contributed by atoms with Crippen molar-refractivity contribution in [2.75, 3.05) is 27.3 Å². The molecule has 0 aromatic heterocycles. The molecule has 0 aliphatic carbocycles. The van der Waals surface area contributed by atoms with Gasteiger partial charge in [-0.05, 0) is 18.2 Å². The van der Waals surface area contributed by atoms with Crippen LogP contribution in [0.2, 0.25) is 0 Å². The molecule has 0 aliphatic heterocycles. The van der Waals surface area contributed by atoms with Crippen molar-refractivity contribution in [2.24, 2.45) is 0 Å². The highest BCUT2D eigenvalue weighted by Gasteiger charge is 2.15. The average molecular weight is 225 g/mol. The van der Waals surface area contributed by atoms with Crippen molar-refractivity contribution < 1.29 is 19.7 Å². The number of likely N-dealkylation sites (N-methyl/N-ethyl adjacent to an activating group) is 1. The van der Waals surface area contributed by atoms with Crippen LogP contribution >= 0.6 is 0 Å². The normalized spacial score (nSPS) is 10.1. The van der Waals surface area contributed by atoms with E-state index >= 15 is 0 Å². The van der Waals surface area contributed by atoms with Gasteiger partial charge in [-0.25, -0.2) is 0 Å². The number of amides is 1. The first-order chi connectivity index (χ1) is 7.56. The SMILES string of the molecule is COCCN(C)C(=O)c1cc(O)ccc1O. The van der Waals surface area contributed by atoms with E-state index < -0.39 is 0 Å². The molecule has 16 heavy (non-hydrogen) atoms. The second-order valence-corrected chi connectivity index (χ2v) is 3.42. The van der Waals surface area contributed by atoms with Gasteiger partial charge in [0.1, 0.15) is 11.5 Å². The lowest BCUT2D eigenvalue weighted by molar-refractivity contribution is 0.0741. The lowest BCUT2D eigenvalue weighted by Crippen LogP contribution is -2.29. The lowest BCUT2D eigenvalue weighted by atomic mass is 10.1. The fraction of sp³-hybridized carbons (Fsp3) is 0.364. The first-order valence-corrected chi connectivity index (χ1v) is 4.82. The number of aromatic hydroxyl groups is 2. The van der Waals surface area contributed by atoms with Gasteiger partial charge in [-0.2, -0.15) is 0 Å². The smallest absolute Gasteiger partial charge is 0.257 e. The number of carbonyl (C=O) groups excluding carboxylic acids is 1. The molecule has 0 heterocycles. The van der Waals surface area contributed by atoms with Crippen LogP contribution in [0.15, 0.2) is 18.2 Å². The number of phenolic OH excluding ortho intramolecular Hbond substituents is 2. The topological polar surface area (TPSA) is 70.0 Å². The van der Waals surface area contributed by atoms with E-state index in [-0.39, 0.29) is 23.0 Å². The molecule has 88 valence electrons. The van der Waals surface area contributed by atoms with Crippen LogP contribution in [0.5, 0.6) is 11.5 Å². The van der Waals surface area contributed by atoms with E-state index in [9.17, 15) is 15.0 Å². The molecule has 0 unspecified atom stereocenters. The Kier molecular flexibility index (Phi) is 4.13. The first kappa shape index (κ1) is 12.3. The van der Waals surface area contributed by atoms with Gasteiger partial charge in [-0.1, -0.05) is 0 Å². The molecule has 5 nitrogen and oxygen atoms in total. The molecular formula is C11H15NO4. The van der Waals surface area contributed by atoms with E-state index in [1.807, 2.05) is 0 Å². The molecule has 0 atom stereocenters. The lowest BCUT2D eigenvalue weighted by Gasteiger charge is -2.17. The summed E-state index contributed by atoms with van der Waals surface area (Å²) in [6, 6.07) is 3.84. The molecule has 0 fully saturated rings. The van der Waals surface area contributed by atoms with Crippen LogP contribution in [-0.4, -0.2) is 48.3 Å². The van der Waals surface area contributed by atoms with Crippen molar-refractivity contribution in [1.82, 2.24) is 4.90 Å². The van der Waals surface area contributed by atoms with Crippen LogP contribution in [0.1, 0.15) is 10.4 Å². The Morgan fingerprint density at radius 2 is 2.12 bits per heavy atom. The van der Waals surface area contributed by atoms with Crippen molar-refractivity contribution in [3.8, 4) is 11.5 Å². The van der Waals surface area contributed by atoms with Crippen molar-refractivity contribution in [2.45, 2.75) is 0 Å². The summed E-state index contributed by atoms with van der Waals surface area (Å²) in [4.78, 5) is 13.2. The second kappa shape index (κ2) is 5.37.